The van der Waals surface area contributed by atoms with E-state index >= 15 is 0 Å². The lowest BCUT2D eigenvalue weighted by atomic mass is 10.00. The van der Waals surface area contributed by atoms with Gasteiger partial charge in [-0.25, -0.2) is 13.1 Å². The minimum Gasteiger partial charge on any atom is -0.354 e. The van der Waals surface area contributed by atoms with Crippen molar-refractivity contribution < 1.29 is 13.2 Å². The highest BCUT2D eigenvalue weighted by atomic mass is 32.2. The van der Waals surface area contributed by atoms with E-state index in [1.165, 1.54) is 0 Å². The van der Waals surface area contributed by atoms with Gasteiger partial charge in [0.2, 0.25) is 15.9 Å². The Hall–Kier alpha value is -1.91. The summed E-state index contributed by atoms with van der Waals surface area (Å²) in [6, 6.07) is 11.2. The quantitative estimate of drug-likeness (QED) is 0.727. The first kappa shape index (κ1) is 17.1. The number of hydrogen-bond donors (Lipinski definition) is 2. The third-order valence-electron chi connectivity index (χ3n) is 2.79. The van der Waals surface area contributed by atoms with E-state index in [-0.39, 0.29) is 12.3 Å². The zero-order valence-corrected chi connectivity index (χ0v) is 12.7. The first-order valence-electron chi connectivity index (χ1n) is 6.67. The third-order valence-corrected chi connectivity index (χ3v) is 4.26. The molecule has 6 nitrogen and oxygen atoms in total. The molecule has 114 valence electrons. The zero-order valence-electron chi connectivity index (χ0n) is 11.9. The summed E-state index contributed by atoms with van der Waals surface area (Å²) in [7, 11) is -3.37. The molecule has 2 N–H and O–H groups in total. The average molecular weight is 309 g/mol. The van der Waals surface area contributed by atoms with Gasteiger partial charge < -0.3 is 5.32 Å². The van der Waals surface area contributed by atoms with Crippen LogP contribution in [0, 0.1) is 17.2 Å². The van der Waals surface area contributed by atoms with Crippen LogP contribution in [0.25, 0.3) is 0 Å². The number of nitrogens with one attached hydrogen (secondary N) is 2. The Balaban J connectivity index is 2.48. The van der Waals surface area contributed by atoms with Crippen LogP contribution in [0.5, 0.6) is 0 Å². The summed E-state index contributed by atoms with van der Waals surface area (Å²) in [6.45, 7) is 1.98. The fourth-order valence-corrected chi connectivity index (χ4v) is 2.73. The maximum atomic E-state index is 11.9. The number of nitrogens with zero attached hydrogens (tertiary/aromatic N) is 1. The van der Waals surface area contributed by atoms with Crippen molar-refractivity contribution in [3.05, 3.63) is 35.9 Å². The summed E-state index contributed by atoms with van der Waals surface area (Å²) >= 11 is 0. The van der Waals surface area contributed by atoms with E-state index < -0.39 is 21.8 Å². The molecule has 1 aromatic carbocycles. The third kappa shape index (κ3) is 6.38. The van der Waals surface area contributed by atoms with Crippen molar-refractivity contribution in [2.45, 2.75) is 13.3 Å². The number of hydrogen-bond acceptors (Lipinski definition) is 4. The van der Waals surface area contributed by atoms with E-state index in [1.807, 2.05) is 36.4 Å². The molecule has 0 aliphatic rings. The largest absolute Gasteiger partial charge is 0.354 e. The minimum absolute atomic E-state index is 0.0128. The monoisotopic (exact) mass is 309 g/mol. The molecule has 0 bridgehead atoms. The van der Waals surface area contributed by atoms with Crippen LogP contribution >= 0.6 is 0 Å². The maximum Gasteiger partial charge on any atom is 0.237 e. The fourth-order valence-electron chi connectivity index (χ4n) is 1.77. The lowest BCUT2D eigenvalue weighted by Crippen LogP contribution is -2.37. The van der Waals surface area contributed by atoms with Crippen molar-refractivity contribution in [1.29, 1.82) is 5.26 Å². The van der Waals surface area contributed by atoms with Gasteiger partial charge in [-0.3, -0.25) is 4.79 Å². The van der Waals surface area contributed by atoms with Crippen molar-refractivity contribution in [2.24, 2.45) is 5.92 Å². The smallest absolute Gasteiger partial charge is 0.237 e. The molecule has 1 unspecified atom stereocenters. The molecule has 0 aliphatic heterocycles. The number of carbonyl (C=O) groups excluding carboxylic acids is 1. The molecule has 1 amide bonds. The Morgan fingerprint density at radius 2 is 2.00 bits per heavy atom. The van der Waals surface area contributed by atoms with Crippen LogP contribution in [0.4, 0.5) is 0 Å². The van der Waals surface area contributed by atoms with Crippen molar-refractivity contribution >= 4 is 15.9 Å². The second kappa shape index (κ2) is 8.39. The van der Waals surface area contributed by atoms with E-state index in [1.54, 1.807) is 6.92 Å². The summed E-state index contributed by atoms with van der Waals surface area (Å²) in [5.74, 6) is -1.47. The van der Waals surface area contributed by atoms with Gasteiger partial charge in [0.25, 0.3) is 0 Å². The van der Waals surface area contributed by atoms with Gasteiger partial charge in [-0.15, -0.1) is 0 Å². The lowest BCUT2D eigenvalue weighted by molar-refractivity contribution is -0.123. The van der Waals surface area contributed by atoms with E-state index in [0.717, 1.165) is 5.56 Å². The molecule has 0 aliphatic carbocycles. The Bertz CT molecular complexity index is 594. The van der Waals surface area contributed by atoms with Gasteiger partial charge >= 0.3 is 0 Å². The molecule has 1 rings (SSSR count). The average Bonchev–Trinajstić information content (AvgIpc) is 2.45. The normalized spacial score (nSPS) is 12.4. The zero-order chi connectivity index (χ0) is 15.7. The molecule has 1 aromatic rings. The van der Waals surface area contributed by atoms with E-state index in [2.05, 4.69) is 10.0 Å². The molecular formula is C14H19N3O3S. The highest BCUT2D eigenvalue weighted by molar-refractivity contribution is 7.89. The Morgan fingerprint density at radius 3 is 2.57 bits per heavy atom. The number of carbonyl (C=O) groups is 1. The van der Waals surface area contributed by atoms with Crippen LogP contribution < -0.4 is 10.0 Å². The minimum atomic E-state index is -3.37. The molecule has 0 spiro atoms. The topological polar surface area (TPSA) is 99.1 Å². The second-order valence-electron chi connectivity index (χ2n) is 4.48. The van der Waals surface area contributed by atoms with E-state index in [4.69, 9.17) is 5.26 Å². The van der Waals surface area contributed by atoms with E-state index in [9.17, 15) is 13.2 Å². The highest BCUT2D eigenvalue weighted by Gasteiger charge is 2.18. The molecule has 0 saturated heterocycles. The summed E-state index contributed by atoms with van der Waals surface area (Å²) in [5, 5.41) is 11.5. The van der Waals surface area contributed by atoms with Gasteiger partial charge in [-0.2, -0.15) is 5.26 Å². The standard InChI is InChI=1S/C14H19N3O3S/c1-2-17-21(19,20)9-8-16-14(18)13(11-15)10-12-6-4-3-5-7-12/h3-7,13,17H,2,8-10H2,1H3,(H,16,18). The molecular weight excluding hydrogens is 290 g/mol. The summed E-state index contributed by atoms with van der Waals surface area (Å²) in [5.41, 5.74) is 0.888. The first-order valence-corrected chi connectivity index (χ1v) is 8.32. The van der Waals surface area contributed by atoms with Crippen molar-refractivity contribution in [3.8, 4) is 6.07 Å². The number of rotatable bonds is 8. The fraction of sp³-hybridized carbons (Fsp3) is 0.429. The second-order valence-corrected chi connectivity index (χ2v) is 6.41. The van der Waals surface area contributed by atoms with E-state index in [0.29, 0.717) is 13.0 Å². The predicted octanol–water partition coefficient (Wildman–Crippen LogP) is 0.424. The van der Waals surface area contributed by atoms with Crippen LogP contribution in [0.3, 0.4) is 0 Å². The van der Waals surface area contributed by atoms with Crippen LogP contribution in [0.15, 0.2) is 30.3 Å². The van der Waals surface area contributed by atoms with Gasteiger partial charge in [0, 0.05) is 13.1 Å². The number of amides is 1. The molecule has 0 aromatic heterocycles. The highest BCUT2D eigenvalue weighted by Crippen LogP contribution is 2.08. The molecule has 0 fully saturated rings. The van der Waals surface area contributed by atoms with Crippen LogP contribution in [-0.4, -0.2) is 33.2 Å². The van der Waals surface area contributed by atoms with Crippen molar-refractivity contribution in [3.63, 3.8) is 0 Å². The maximum absolute atomic E-state index is 11.9. The summed E-state index contributed by atoms with van der Waals surface area (Å²) < 4.78 is 25.2. The molecule has 7 heteroatoms. The Morgan fingerprint density at radius 1 is 1.33 bits per heavy atom. The lowest BCUT2D eigenvalue weighted by Gasteiger charge is -2.10. The number of sulfonamides is 1. The van der Waals surface area contributed by atoms with Crippen LogP contribution in [0.1, 0.15) is 12.5 Å². The number of nitriles is 1. The van der Waals surface area contributed by atoms with Gasteiger partial charge in [0.15, 0.2) is 0 Å². The molecule has 1 atom stereocenters. The van der Waals surface area contributed by atoms with Gasteiger partial charge in [0.05, 0.1) is 11.8 Å². The molecule has 0 radical (unpaired) electrons. The van der Waals surface area contributed by atoms with Crippen molar-refractivity contribution in [1.82, 2.24) is 10.0 Å². The van der Waals surface area contributed by atoms with Crippen molar-refractivity contribution in [2.75, 3.05) is 18.8 Å². The molecule has 0 saturated carbocycles. The molecule has 21 heavy (non-hydrogen) atoms. The Labute approximate surface area is 125 Å². The summed E-state index contributed by atoms with van der Waals surface area (Å²) in [6.07, 6.45) is 0.309. The van der Waals surface area contributed by atoms with Crippen LogP contribution in [-0.2, 0) is 21.2 Å². The first-order chi connectivity index (χ1) is 9.98. The van der Waals surface area contributed by atoms with Gasteiger partial charge in [0.1, 0.15) is 5.92 Å². The van der Waals surface area contributed by atoms with Gasteiger partial charge in [-0.05, 0) is 12.0 Å². The Kier molecular flexibility index (Phi) is 6.85. The van der Waals surface area contributed by atoms with Gasteiger partial charge in [-0.1, -0.05) is 37.3 Å². The molecule has 0 heterocycles. The SMILES string of the molecule is CCNS(=O)(=O)CCNC(=O)C(C#N)Cc1ccccc1. The predicted molar refractivity (Wildman–Crippen MR) is 79.7 cm³/mol. The number of benzene rings is 1. The summed E-state index contributed by atoms with van der Waals surface area (Å²) in [4.78, 5) is 11.9. The van der Waals surface area contributed by atoms with Crippen LogP contribution in [0.2, 0.25) is 0 Å².